The van der Waals surface area contributed by atoms with Crippen LogP contribution in [0, 0.1) is 11.8 Å². The van der Waals surface area contributed by atoms with Gasteiger partial charge in [0.05, 0.1) is 11.8 Å². The van der Waals surface area contributed by atoms with Crippen molar-refractivity contribution in [2.45, 2.75) is 19.8 Å². The zero-order chi connectivity index (χ0) is 19.5. The number of carbonyl (C=O) groups is 2. The molecule has 0 spiro atoms. The zero-order valence-electron chi connectivity index (χ0n) is 16.0. The SMILES string of the molecule is CCc1ccccc1NC(=O)C1CC1C(=O)N1CCN(c2ncccn2)CC1. The third-order valence-corrected chi connectivity index (χ3v) is 5.53. The molecule has 146 valence electrons. The van der Waals surface area contributed by atoms with Crippen LogP contribution < -0.4 is 10.2 Å². The first-order valence-electron chi connectivity index (χ1n) is 9.87. The fraction of sp³-hybridized carbons (Fsp3) is 0.429. The highest BCUT2D eigenvalue weighted by molar-refractivity contribution is 6.00. The molecule has 1 aliphatic carbocycles. The van der Waals surface area contributed by atoms with Crippen molar-refractivity contribution in [1.82, 2.24) is 14.9 Å². The second-order valence-corrected chi connectivity index (χ2v) is 7.31. The molecule has 0 radical (unpaired) electrons. The molecule has 7 nitrogen and oxygen atoms in total. The van der Waals surface area contributed by atoms with Crippen molar-refractivity contribution in [3.05, 3.63) is 48.3 Å². The summed E-state index contributed by atoms with van der Waals surface area (Å²) in [5.41, 5.74) is 1.96. The Labute approximate surface area is 164 Å². The Bertz CT molecular complexity index is 849. The van der Waals surface area contributed by atoms with Crippen molar-refractivity contribution >= 4 is 23.5 Å². The van der Waals surface area contributed by atoms with E-state index < -0.39 is 0 Å². The molecule has 2 aliphatic rings. The van der Waals surface area contributed by atoms with Crippen molar-refractivity contribution < 1.29 is 9.59 Å². The summed E-state index contributed by atoms with van der Waals surface area (Å²) in [6.45, 7) is 4.77. The molecule has 1 aromatic carbocycles. The Morgan fingerprint density at radius 2 is 1.75 bits per heavy atom. The number of hydrogen-bond donors (Lipinski definition) is 1. The van der Waals surface area contributed by atoms with E-state index >= 15 is 0 Å². The number of piperazine rings is 1. The van der Waals surface area contributed by atoms with E-state index in [1.165, 1.54) is 0 Å². The van der Waals surface area contributed by atoms with Crippen LogP contribution in [0.1, 0.15) is 18.9 Å². The summed E-state index contributed by atoms with van der Waals surface area (Å²) in [5, 5.41) is 3.01. The van der Waals surface area contributed by atoms with Crippen LogP contribution in [0.4, 0.5) is 11.6 Å². The fourth-order valence-electron chi connectivity index (χ4n) is 3.75. The molecule has 4 rings (SSSR count). The molecule has 28 heavy (non-hydrogen) atoms. The summed E-state index contributed by atoms with van der Waals surface area (Å²) in [7, 11) is 0. The van der Waals surface area contributed by atoms with E-state index in [0.29, 0.717) is 38.5 Å². The molecule has 1 aromatic heterocycles. The lowest BCUT2D eigenvalue weighted by Crippen LogP contribution is -2.50. The average molecular weight is 379 g/mol. The van der Waals surface area contributed by atoms with Crippen LogP contribution in [0.3, 0.4) is 0 Å². The molecule has 2 aromatic rings. The van der Waals surface area contributed by atoms with Crippen molar-refractivity contribution in [1.29, 1.82) is 0 Å². The van der Waals surface area contributed by atoms with Gasteiger partial charge in [-0.15, -0.1) is 0 Å². The van der Waals surface area contributed by atoms with E-state index in [0.717, 1.165) is 17.7 Å². The van der Waals surface area contributed by atoms with Crippen LogP contribution in [-0.4, -0.2) is 52.9 Å². The highest BCUT2D eigenvalue weighted by Crippen LogP contribution is 2.41. The quantitative estimate of drug-likeness (QED) is 0.859. The minimum absolute atomic E-state index is 0.0458. The maximum Gasteiger partial charge on any atom is 0.228 e. The molecule has 2 heterocycles. The molecule has 1 aliphatic heterocycles. The smallest absolute Gasteiger partial charge is 0.228 e. The van der Waals surface area contributed by atoms with Gasteiger partial charge in [-0.2, -0.15) is 0 Å². The Balaban J connectivity index is 1.29. The van der Waals surface area contributed by atoms with Crippen molar-refractivity contribution in [3.8, 4) is 0 Å². The van der Waals surface area contributed by atoms with Gasteiger partial charge in [0.1, 0.15) is 0 Å². The molecular formula is C21H25N5O2. The lowest BCUT2D eigenvalue weighted by atomic mass is 10.1. The monoisotopic (exact) mass is 379 g/mol. The Morgan fingerprint density at radius 3 is 2.46 bits per heavy atom. The summed E-state index contributed by atoms with van der Waals surface area (Å²) in [5.74, 6) is 0.349. The van der Waals surface area contributed by atoms with E-state index in [4.69, 9.17) is 0 Å². The van der Waals surface area contributed by atoms with Gasteiger partial charge in [0.25, 0.3) is 0 Å². The number of nitrogens with one attached hydrogen (secondary N) is 1. The molecule has 2 fully saturated rings. The largest absolute Gasteiger partial charge is 0.339 e. The van der Waals surface area contributed by atoms with Gasteiger partial charge < -0.3 is 15.1 Å². The standard InChI is InChI=1S/C21H25N5O2/c1-2-15-6-3-4-7-18(15)24-19(27)16-14-17(16)20(28)25-10-12-26(13-11-25)21-22-8-5-9-23-21/h3-9,16-17H,2,10-14H2,1H3,(H,24,27). The Hall–Kier alpha value is -2.96. The predicted octanol–water partition coefficient (Wildman–Crippen LogP) is 1.96. The third kappa shape index (κ3) is 3.83. The number of aryl methyl sites for hydroxylation is 1. The van der Waals surface area contributed by atoms with E-state index in [-0.39, 0.29) is 23.7 Å². The summed E-state index contributed by atoms with van der Waals surface area (Å²) < 4.78 is 0. The van der Waals surface area contributed by atoms with Gasteiger partial charge in [-0.05, 0) is 30.5 Å². The number of rotatable bonds is 5. The number of para-hydroxylation sites is 1. The first-order chi connectivity index (χ1) is 13.7. The second-order valence-electron chi connectivity index (χ2n) is 7.31. The molecule has 2 atom stereocenters. The van der Waals surface area contributed by atoms with Gasteiger partial charge in [-0.1, -0.05) is 25.1 Å². The highest BCUT2D eigenvalue weighted by atomic mass is 16.2. The molecule has 7 heteroatoms. The normalized spacial score (nSPS) is 21.3. The lowest BCUT2D eigenvalue weighted by Gasteiger charge is -2.34. The van der Waals surface area contributed by atoms with E-state index in [1.54, 1.807) is 18.5 Å². The summed E-state index contributed by atoms with van der Waals surface area (Å²) in [4.78, 5) is 37.9. The number of nitrogens with zero attached hydrogens (tertiary/aromatic N) is 4. The van der Waals surface area contributed by atoms with Crippen LogP contribution in [0.5, 0.6) is 0 Å². The number of hydrogen-bond acceptors (Lipinski definition) is 5. The van der Waals surface area contributed by atoms with E-state index in [2.05, 4.69) is 27.1 Å². The Morgan fingerprint density at radius 1 is 1.04 bits per heavy atom. The molecule has 2 amide bonds. The summed E-state index contributed by atoms with van der Waals surface area (Å²) in [6, 6.07) is 9.61. The maximum atomic E-state index is 12.8. The highest BCUT2D eigenvalue weighted by Gasteiger charge is 2.49. The summed E-state index contributed by atoms with van der Waals surface area (Å²) >= 11 is 0. The van der Waals surface area contributed by atoms with Crippen molar-refractivity contribution in [2.75, 3.05) is 36.4 Å². The fourth-order valence-corrected chi connectivity index (χ4v) is 3.75. The number of benzene rings is 1. The number of amides is 2. The van der Waals surface area contributed by atoms with Crippen LogP contribution in [0.25, 0.3) is 0 Å². The molecule has 0 bridgehead atoms. The maximum absolute atomic E-state index is 12.8. The third-order valence-electron chi connectivity index (χ3n) is 5.53. The lowest BCUT2D eigenvalue weighted by molar-refractivity contribution is -0.134. The minimum atomic E-state index is -0.215. The van der Waals surface area contributed by atoms with Gasteiger partial charge in [0, 0.05) is 44.3 Å². The van der Waals surface area contributed by atoms with E-state index in [9.17, 15) is 9.59 Å². The second kappa shape index (κ2) is 7.96. The molecule has 1 saturated heterocycles. The first-order valence-corrected chi connectivity index (χ1v) is 9.87. The number of aromatic nitrogens is 2. The minimum Gasteiger partial charge on any atom is -0.339 e. The predicted molar refractivity (Wildman–Crippen MR) is 107 cm³/mol. The van der Waals surface area contributed by atoms with Gasteiger partial charge in [0.15, 0.2) is 0 Å². The first kappa shape index (κ1) is 18.4. The van der Waals surface area contributed by atoms with E-state index in [1.807, 2.05) is 29.2 Å². The molecule has 2 unspecified atom stereocenters. The van der Waals surface area contributed by atoms with Crippen LogP contribution in [0.2, 0.25) is 0 Å². The van der Waals surface area contributed by atoms with Gasteiger partial charge in [-0.3, -0.25) is 9.59 Å². The van der Waals surface area contributed by atoms with Crippen LogP contribution >= 0.6 is 0 Å². The topological polar surface area (TPSA) is 78.4 Å². The zero-order valence-corrected chi connectivity index (χ0v) is 16.0. The molecular weight excluding hydrogens is 354 g/mol. The van der Waals surface area contributed by atoms with Gasteiger partial charge in [-0.25, -0.2) is 9.97 Å². The average Bonchev–Trinajstić information content (AvgIpc) is 3.55. The Kier molecular flexibility index (Phi) is 5.23. The van der Waals surface area contributed by atoms with Crippen molar-refractivity contribution in [3.63, 3.8) is 0 Å². The number of anilines is 2. The van der Waals surface area contributed by atoms with Crippen LogP contribution in [0.15, 0.2) is 42.7 Å². The van der Waals surface area contributed by atoms with Crippen molar-refractivity contribution in [2.24, 2.45) is 11.8 Å². The molecule has 1 saturated carbocycles. The summed E-state index contributed by atoms with van der Waals surface area (Å²) in [6.07, 6.45) is 4.95. The van der Waals surface area contributed by atoms with Gasteiger partial charge >= 0.3 is 0 Å². The van der Waals surface area contributed by atoms with Gasteiger partial charge in [0.2, 0.25) is 17.8 Å². The number of carbonyl (C=O) groups excluding carboxylic acids is 2. The van der Waals surface area contributed by atoms with Crippen LogP contribution in [-0.2, 0) is 16.0 Å². The molecule has 1 N–H and O–H groups in total.